The minimum Gasteiger partial charge on any atom is -0.264 e. The van der Waals surface area contributed by atoms with E-state index < -0.39 is 0 Å². The van der Waals surface area contributed by atoms with E-state index in [4.69, 9.17) is 4.11 Å². The Kier molecular flexibility index (Phi) is 8.49. The summed E-state index contributed by atoms with van der Waals surface area (Å²) in [6, 6.07) is 54.8. The molecular formula is C53H41N3+2. The quantitative estimate of drug-likeness (QED) is 0.143. The van der Waals surface area contributed by atoms with Crippen molar-refractivity contribution in [3.8, 4) is 89.0 Å². The SMILES string of the molecule is [2H]c1ccc(-c2c(-c3ccc(-c4ccc[n+](C)c4)cc3)c(-c3ccc([2H])cc3)c(-c3cccnc3)c(-c3ccc([2H])cc3)c2-c2ccc(-c3ccc[n+](C)c3)cc2)cc1. The molecule has 0 aliphatic heterocycles. The zero-order chi connectivity index (χ0) is 40.5. The molecule has 3 heteroatoms. The van der Waals surface area contributed by atoms with Crippen LogP contribution < -0.4 is 9.13 Å². The highest BCUT2D eigenvalue weighted by Gasteiger charge is 2.29. The Morgan fingerprint density at radius 2 is 0.643 bits per heavy atom. The van der Waals surface area contributed by atoms with Crippen molar-refractivity contribution in [3.05, 3.63) is 213 Å². The Morgan fingerprint density at radius 1 is 0.339 bits per heavy atom. The van der Waals surface area contributed by atoms with E-state index in [0.717, 1.165) is 89.0 Å². The lowest BCUT2D eigenvalue weighted by Crippen LogP contribution is -2.26. The van der Waals surface area contributed by atoms with E-state index in [1.807, 2.05) is 99.4 Å². The summed E-state index contributed by atoms with van der Waals surface area (Å²) in [7, 11) is 4.07. The van der Waals surface area contributed by atoms with Gasteiger partial charge in [-0.1, -0.05) is 146 Å². The van der Waals surface area contributed by atoms with Gasteiger partial charge in [-0.25, -0.2) is 9.13 Å². The van der Waals surface area contributed by atoms with Crippen LogP contribution in [0.15, 0.2) is 213 Å². The van der Waals surface area contributed by atoms with Crippen LogP contribution in [0.5, 0.6) is 0 Å². The minimum absolute atomic E-state index is 0.430. The number of hydrogen-bond acceptors (Lipinski definition) is 1. The number of hydrogen-bond donors (Lipinski definition) is 0. The van der Waals surface area contributed by atoms with Gasteiger partial charge < -0.3 is 0 Å². The van der Waals surface area contributed by atoms with Crippen LogP contribution in [0.4, 0.5) is 0 Å². The summed E-state index contributed by atoms with van der Waals surface area (Å²) in [4.78, 5) is 4.67. The molecule has 3 heterocycles. The number of aromatic nitrogens is 3. The van der Waals surface area contributed by atoms with Crippen molar-refractivity contribution in [2.45, 2.75) is 0 Å². The molecule has 0 N–H and O–H groups in total. The minimum atomic E-state index is 0.430. The second-order valence-electron chi connectivity index (χ2n) is 14.0. The summed E-state index contributed by atoms with van der Waals surface area (Å²) < 4.78 is 29.6. The van der Waals surface area contributed by atoms with E-state index in [1.54, 1.807) is 6.20 Å². The van der Waals surface area contributed by atoms with Gasteiger partial charge in [-0.15, -0.1) is 0 Å². The molecule has 0 spiro atoms. The highest BCUT2D eigenvalue weighted by Crippen LogP contribution is 2.55. The molecule has 0 atom stereocenters. The first-order valence-corrected chi connectivity index (χ1v) is 18.8. The molecule has 0 bridgehead atoms. The van der Waals surface area contributed by atoms with Gasteiger partial charge in [0.1, 0.15) is 14.1 Å². The fourth-order valence-electron chi connectivity index (χ4n) is 7.83. The maximum atomic E-state index is 8.52. The predicted molar refractivity (Wildman–Crippen MR) is 230 cm³/mol. The third kappa shape index (κ3) is 6.72. The van der Waals surface area contributed by atoms with E-state index in [0.29, 0.717) is 18.1 Å². The van der Waals surface area contributed by atoms with Crippen molar-refractivity contribution in [3.63, 3.8) is 0 Å². The second-order valence-corrected chi connectivity index (χ2v) is 14.0. The van der Waals surface area contributed by atoms with Gasteiger partial charge in [0.25, 0.3) is 0 Å². The standard InChI is InChI=1S/C53H41N3/c1-55-33-13-22-46(36-55)38-24-28-43(29-25-38)51-48(40-15-6-3-7-16-40)52(44-30-26-39(27-31-44)47-23-14-34-56(2)37-47)50(42-19-10-5-11-20-42)53(45-21-12-32-54-35-45)49(51)41-17-8-4-9-18-41/h3-37H,1-2H3/q+2/i3D,4D,5D. The molecule has 9 rings (SSSR count). The van der Waals surface area contributed by atoms with Crippen molar-refractivity contribution in [1.29, 1.82) is 0 Å². The maximum Gasteiger partial charge on any atom is 0.176 e. The highest BCUT2D eigenvalue weighted by atomic mass is 14.9. The zero-order valence-corrected chi connectivity index (χ0v) is 31.3. The first kappa shape index (κ1) is 31.2. The summed E-state index contributed by atoms with van der Waals surface area (Å²) >= 11 is 0. The van der Waals surface area contributed by atoms with Crippen molar-refractivity contribution in [2.75, 3.05) is 0 Å². The molecule has 56 heavy (non-hydrogen) atoms. The number of nitrogens with zero attached hydrogens (tertiary/aromatic N) is 3. The molecule has 0 unspecified atom stereocenters. The lowest BCUT2D eigenvalue weighted by molar-refractivity contribution is -0.671. The molecule has 0 radical (unpaired) electrons. The first-order valence-electron chi connectivity index (χ1n) is 20.3. The highest BCUT2D eigenvalue weighted by molar-refractivity contribution is 6.15. The van der Waals surface area contributed by atoms with Gasteiger partial charge in [0, 0.05) is 46.8 Å². The van der Waals surface area contributed by atoms with Crippen LogP contribution >= 0.6 is 0 Å². The molecule has 0 fully saturated rings. The number of aryl methyl sites for hydroxylation is 2. The lowest BCUT2D eigenvalue weighted by Gasteiger charge is -2.28. The predicted octanol–water partition coefficient (Wildman–Crippen LogP) is 12.1. The molecule has 9 aromatic rings. The van der Waals surface area contributed by atoms with Gasteiger partial charge in [0.15, 0.2) is 24.8 Å². The molecular weight excluding hydrogens is 679 g/mol. The van der Waals surface area contributed by atoms with Crippen LogP contribution in [0.1, 0.15) is 4.11 Å². The Hall–Kier alpha value is -7.23. The van der Waals surface area contributed by atoms with E-state index >= 15 is 0 Å². The molecule has 3 aromatic heterocycles. The van der Waals surface area contributed by atoms with Gasteiger partial charge in [0.05, 0.1) is 4.11 Å². The largest absolute Gasteiger partial charge is 0.264 e. The Labute approximate surface area is 333 Å². The van der Waals surface area contributed by atoms with Crippen molar-refractivity contribution < 1.29 is 13.2 Å². The molecule has 0 amide bonds. The van der Waals surface area contributed by atoms with Gasteiger partial charge in [-0.05, 0) is 85.0 Å². The van der Waals surface area contributed by atoms with Crippen molar-refractivity contribution >= 4 is 0 Å². The molecule has 0 aliphatic carbocycles. The van der Waals surface area contributed by atoms with Gasteiger partial charge in [0.2, 0.25) is 0 Å². The third-order valence-corrected chi connectivity index (χ3v) is 10.4. The number of pyridine rings is 3. The fourth-order valence-corrected chi connectivity index (χ4v) is 7.83. The Bertz CT molecular complexity index is 2770. The number of rotatable bonds is 8. The summed E-state index contributed by atoms with van der Waals surface area (Å²) in [5.41, 5.74) is 16.4. The molecule has 3 nitrogen and oxygen atoms in total. The van der Waals surface area contributed by atoms with Crippen LogP contribution in [0.3, 0.4) is 0 Å². The fraction of sp³-hybridized carbons (Fsp3) is 0.0377. The normalized spacial score (nSPS) is 11.8. The van der Waals surface area contributed by atoms with Gasteiger partial charge in [-0.3, -0.25) is 4.98 Å². The Morgan fingerprint density at radius 3 is 0.982 bits per heavy atom. The zero-order valence-electron chi connectivity index (χ0n) is 34.3. The van der Waals surface area contributed by atoms with E-state index in [1.165, 1.54) is 0 Å². The molecule has 266 valence electrons. The smallest absolute Gasteiger partial charge is 0.176 e. The van der Waals surface area contributed by atoms with Crippen LogP contribution in [0, 0.1) is 0 Å². The monoisotopic (exact) mass is 722 g/mol. The first-order chi connectivity index (χ1) is 28.8. The topological polar surface area (TPSA) is 20.6 Å². The van der Waals surface area contributed by atoms with Crippen molar-refractivity contribution in [1.82, 2.24) is 4.98 Å². The number of benzene rings is 6. The maximum absolute atomic E-state index is 8.52. The average molecular weight is 723 g/mol. The molecule has 0 saturated carbocycles. The average Bonchev–Trinajstić information content (AvgIpc) is 3.27. The van der Waals surface area contributed by atoms with Crippen LogP contribution in [0.2, 0.25) is 0 Å². The van der Waals surface area contributed by atoms with Crippen LogP contribution in [-0.2, 0) is 14.1 Å². The van der Waals surface area contributed by atoms with Crippen LogP contribution in [-0.4, -0.2) is 4.98 Å². The van der Waals surface area contributed by atoms with Gasteiger partial charge in [-0.2, -0.15) is 0 Å². The summed E-state index contributed by atoms with van der Waals surface area (Å²) in [6.45, 7) is 0. The Balaban J connectivity index is 1.47. The second kappa shape index (κ2) is 15.3. The van der Waals surface area contributed by atoms with E-state index in [2.05, 4.69) is 118 Å². The van der Waals surface area contributed by atoms with Crippen LogP contribution in [0.25, 0.3) is 89.0 Å². The van der Waals surface area contributed by atoms with Crippen molar-refractivity contribution in [2.24, 2.45) is 14.1 Å². The summed E-state index contributed by atoms with van der Waals surface area (Å²) in [5.74, 6) is 0. The summed E-state index contributed by atoms with van der Waals surface area (Å²) in [5, 5.41) is 0. The molecule has 0 aliphatic rings. The molecule has 0 saturated heterocycles. The molecule has 6 aromatic carbocycles. The van der Waals surface area contributed by atoms with E-state index in [9.17, 15) is 0 Å². The van der Waals surface area contributed by atoms with E-state index in [-0.39, 0.29) is 0 Å². The summed E-state index contributed by atoms with van der Waals surface area (Å²) in [6.07, 6.45) is 12.1. The van der Waals surface area contributed by atoms with Gasteiger partial charge >= 0.3 is 0 Å². The third-order valence-electron chi connectivity index (χ3n) is 10.4. The lowest BCUT2D eigenvalue weighted by atomic mass is 9.74.